The molecule has 2 N–H and O–H groups in total. The Labute approximate surface area is 178 Å². The highest BCUT2D eigenvalue weighted by Crippen LogP contribution is 2.24. The molecule has 0 heterocycles. The molecule has 0 fully saturated rings. The number of nitro benzene ring substituents is 1. The van der Waals surface area contributed by atoms with Crippen LogP contribution in [0.4, 0.5) is 11.4 Å². The van der Waals surface area contributed by atoms with Gasteiger partial charge in [0.1, 0.15) is 12.4 Å². The lowest BCUT2D eigenvalue weighted by Gasteiger charge is -2.10. The van der Waals surface area contributed by atoms with Crippen molar-refractivity contribution in [2.75, 3.05) is 19.0 Å². The normalized spacial score (nSPS) is 10.9. The first-order chi connectivity index (χ1) is 14.6. The van der Waals surface area contributed by atoms with Crippen molar-refractivity contribution in [2.45, 2.75) is 24.8 Å². The summed E-state index contributed by atoms with van der Waals surface area (Å²) in [6, 6.07) is 9.42. The summed E-state index contributed by atoms with van der Waals surface area (Å²) in [5, 5.41) is 13.4. The molecule has 0 aliphatic carbocycles. The number of hydrogen-bond acceptors (Lipinski definition) is 8. The highest BCUT2D eigenvalue weighted by molar-refractivity contribution is 7.89. The molecule has 0 aromatic heterocycles. The van der Waals surface area contributed by atoms with Gasteiger partial charge in [0.25, 0.3) is 5.69 Å². The van der Waals surface area contributed by atoms with Crippen LogP contribution >= 0.6 is 0 Å². The van der Waals surface area contributed by atoms with Crippen LogP contribution in [-0.4, -0.2) is 38.9 Å². The lowest BCUT2D eigenvalue weighted by Crippen LogP contribution is -2.26. The van der Waals surface area contributed by atoms with Crippen LogP contribution in [0, 0.1) is 10.1 Å². The topological polar surface area (TPSA) is 154 Å². The first-order valence-corrected chi connectivity index (χ1v) is 10.4. The molecule has 2 rings (SSSR count). The summed E-state index contributed by atoms with van der Waals surface area (Å²) in [5.74, 6) is -0.658. The number of amides is 1. The second-order valence-corrected chi connectivity index (χ2v) is 8.03. The Hall–Kier alpha value is -3.51. The van der Waals surface area contributed by atoms with Crippen LogP contribution in [0.1, 0.15) is 18.9 Å². The SMILES string of the molecule is COc1ccc([N+](=O)[O-])cc1COC(=O)CCNS(=O)(=O)c1ccc(NC(C)=O)cc1. The van der Waals surface area contributed by atoms with E-state index >= 15 is 0 Å². The van der Waals surface area contributed by atoms with Gasteiger partial charge in [-0.25, -0.2) is 13.1 Å². The number of nitro groups is 1. The smallest absolute Gasteiger partial charge is 0.307 e. The maximum absolute atomic E-state index is 12.3. The van der Waals surface area contributed by atoms with Crippen molar-refractivity contribution in [1.29, 1.82) is 0 Å². The van der Waals surface area contributed by atoms with Crippen LogP contribution in [0.25, 0.3) is 0 Å². The fourth-order valence-corrected chi connectivity index (χ4v) is 3.55. The number of rotatable bonds is 10. The molecule has 0 aliphatic heterocycles. The number of nitrogens with one attached hydrogen (secondary N) is 2. The Balaban J connectivity index is 1.88. The predicted molar refractivity (Wildman–Crippen MR) is 110 cm³/mol. The van der Waals surface area contributed by atoms with E-state index in [1.807, 2.05) is 0 Å². The van der Waals surface area contributed by atoms with Gasteiger partial charge >= 0.3 is 5.97 Å². The molecule has 11 nitrogen and oxygen atoms in total. The molecule has 0 atom stereocenters. The van der Waals surface area contributed by atoms with Crippen molar-refractivity contribution in [1.82, 2.24) is 4.72 Å². The molecule has 1 amide bonds. The van der Waals surface area contributed by atoms with E-state index in [0.717, 1.165) is 0 Å². The van der Waals surface area contributed by atoms with Gasteiger partial charge in [-0.05, 0) is 30.3 Å². The summed E-state index contributed by atoms with van der Waals surface area (Å²) >= 11 is 0. The number of hydrogen-bond donors (Lipinski definition) is 2. The Morgan fingerprint density at radius 3 is 2.39 bits per heavy atom. The predicted octanol–water partition coefficient (Wildman–Crippen LogP) is 1.97. The average Bonchev–Trinajstić information content (AvgIpc) is 2.71. The van der Waals surface area contributed by atoms with E-state index in [0.29, 0.717) is 17.0 Å². The number of nitrogens with zero attached hydrogens (tertiary/aromatic N) is 1. The van der Waals surface area contributed by atoms with Crippen molar-refractivity contribution in [2.24, 2.45) is 0 Å². The molecule has 166 valence electrons. The summed E-state index contributed by atoms with van der Waals surface area (Å²) in [6.07, 6.45) is -0.250. The first-order valence-electron chi connectivity index (χ1n) is 8.96. The van der Waals surface area contributed by atoms with E-state index in [-0.39, 0.29) is 36.1 Å². The zero-order chi connectivity index (χ0) is 23.0. The van der Waals surface area contributed by atoms with Crippen molar-refractivity contribution < 1.29 is 32.4 Å². The van der Waals surface area contributed by atoms with Gasteiger partial charge in [-0.2, -0.15) is 0 Å². The summed E-state index contributed by atoms with van der Waals surface area (Å²) in [5.41, 5.74) is 0.584. The van der Waals surface area contributed by atoms with Gasteiger partial charge in [0.15, 0.2) is 0 Å². The van der Waals surface area contributed by atoms with E-state index in [9.17, 15) is 28.1 Å². The number of benzene rings is 2. The molecule has 0 radical (unpaired) electrons. The number of non-ortho nitro benzene ring substituents is 1. The molecule has 12 heteroatoms. The third-order valence-corrected chi connectivity index (χ3v) is 5.45. The fourth-order valence-electron chi connectivity index (χ4n) is 2.51. The minimum atomic E-state index is -3.86. The Bertz CT molecular complexity index is 1070. The standard InChI is InChI=1S/C19H21N3O8S/c1-13(23)21-15-3-6-17(7-4-15)31(27,28)20-10-9-19(24)30-12-14-11-16(22(25)26)5-8-18(14)29-2/h3-8,11,20H,9-10,12H2,1-2H3,(H,21,23). The first kappa shape index (κ1) is 23.8. The van der Waals surface area contributed by atoms with E-state index in [4.69, 9.17) is 9.47 Å². The lowest BCUT2D eigenvalue weighted by atomic mass is 10.2. The van der Waals surface area contributed by atoms with E-state index in [1.165, 1.54) is 56.5 Å². The molecular formula is C19H21N3O8S. The maximum atomic E-state index is 12.3. The molecule has 2 aromatic carbocycles. The zero-order valence-electron chi connectivity index (χ0n) is 16.8. The Kier molecular flexibility index (Phi) is 8.05. The van der Waals surface area contributed by atoms with E-state index in [2.05, 4.69) is 10.0 Å². The van der Waals surface area contributed by atoms with Crippen LogP contribution in [0.2, 0.25) is 0 Å². The van der Waals surface area contributed by atoms with Gasteiger partial charge in [-0.3, -0.25) is 19.7 Å². The monoisotopic (exact) mass is 451 g/mol. The number of anilines is 1. The number of methoxy groups -OCH3 is 1. The minimum Gasteiger partial charge on any atom is -0.496 e. The second kappa shape index (κ2) is 10.5. The summed E-state index contributed by atoms with van der Waals surface area (Å²) < 4.78 is 37.0. The van der Waals surface area contributed by atoms with Crippen LogP contribution in [-0.2, 0) is 31.0 Å². The van der Waals surface area contributed by atoms with Gasteiger partial charge in [0.2, 0.25) is 15.9 Å². The molecule has 0 saturated carbocycles. The summed E-state index contributed by atoms with van der Waals surface area (Å²) in [6.45, 7) is 0.863. The minimum absolute atomic E-state index is 0.0312. The van der Waals surface area contributed by atoms with Crippen LogP contribution < -0.4 is 14.8 Å². The number of carbonyl (C=O) groups excluding carboxylic acids is 2. The summed E-state index contributed by atoms with van der Waals surface area (Å²) in [4.78, 5) is 33.2. The van der Waals surface area contributed by atoms with Crippen molar-refractivity contribution >= 4 is 33.3 Å². The molecular weight excluding hydrogens is 430 g/mol. The molecule has 0 spiro atoms. The van der Waals surface area contributed by atoms with Gasteiger partial charge in [-0.1, -0.05) is 0 Å². The Morgan fingerprint density at radius 2 is 1.81 bits per heavy atom. The lowest BCUT2D eigenvalue weighted by molar-refractivity contribution is -0.385. The number of ether oxygens (including phenoxy) is 2. The zero-order valence-corrected chi connectivity index (χ0v) is 17.6. The Morgan fingerprint density at radius 1 is 1.13 bits per heavy atom. The average molecular weight is 451 g/mol. The molecule has 0 saturated heterocycles. The van der Waals surface area contributed by atoms with Gasteiger partial charge in [0, 0.05) is 36.9 Å². The van der Waals surface area contributed by atoms with Crippen LogP contribution in [0.5, 0.6) is 5.75 Å². The number of sulfonamides is 1. The highest BCUT2D eigenvalue weighted by atomic mass is 32.2. The van der Waals surface area contributed by atoms with Gasteiger partial charge in [-0.15, -0.1) is 0 Å². The van der Waals surface area contributed by atoms with Crippen LogP contribution in [0.15, 0.2) is 47.4 Å². The summed E-state index contributed by atoms with van der Waals surface area (Å²) in [7, 11) is -2.48. The maximum Gasteiger partial charge on any atom is 0.307 e. The third-order valence-electron chi connectivity index (χ3n) is 3.97. The van der Waals surface area contributed by atoms with Crippen molar-refractivity contribution in [3.8, 4) is 5.75 Å². The van der Waals surface area contributed by atoms with Gasteiger partial charge in [0.05, 0.1) is 23.3 Å². The van der Waals surface area contributed by atoms with Crippen molar-refractivity contribution in [3.05, 3.63) is 58.1 Å². The molecule has 0 bridgehead atoms. The fraction of sp³-hybridized carbons (Fsp3) is 0.263. The number of carbonyl (C=O) groups is 2. The third kappa shape index (κ3) is 7.04. The van der Waals surface area contributed by atoms with E-state index in [1.54, 1.807) is 0 Å². The van der Waals surface area contributed by atoms with Crippen molar-refractivity contribution in [3.63, 3.8) is 0 Å². The molecule has 2 aromatic rings. The largest absolute Gasteiger partial charge is 0.496 e. The molecule has 0 unspecified atom stereocenters. The van der Waals surface area contributed by atoms with Crippen LogP contribution in [0.3, 0.4) is 0 Å². The highest BCUT2D eigenvalue weighted by Gasteiger charge is 2.16. The molecule has 0 aliphatic rings. The number of esters is 1. The second-order valence-electron chi connectivity index (χ2n) is 6.27. The quantitative estimate of drug-likeness (QED) is 0.316. The molecule has 31 heavy (non-hydrogen) atoms. The van der Waals surface area contributed by atoms with E-state index < -0.39 is 20.9 Å². The van der Waals surface area contributed by atoms with Gasteiger partial charge < -0.3 is 14.8 Å².